The van der Waals surface area contributed by atoms with E-state index in [1.54, 1.807) is 0 Å². The van der Waals surface area contributed by atoms with Gasteiger partial charge in [-0.25, -0.2) is 0 Å². The Hall–Kier alpha value is -0.610. The molecule has 2 saturated carbocycles. The van der Waals surface area contributed by atoms with Gasteiger partial charge in [-0.15, -0.1) is 0 Å². The topological polar surface area (TPSA) is 49.6 Å². The second-order valence-electron chi connectivity index (χ2n) is 8.32. The van der Waals surface area contributed by atoms with Crippen LogP contribution in [0.15, 0.2) is 0 Å². The van der Waals surface area contributed by atoms with Crippen LogP contribution in [0.2, 0.25) is 0 Å². The molecule has 2 bridgehead atoms. The van der Waals surface area contributed by atoms with Gasteiger partial charge in [0.2, 0.25) is 5.91 Å². The van der Waals surface area contributed by atoms with Crippen LogP contribution in [-0.2, 0) is 4.79 Å². The molecule has 2 aliphatic carbocycles. The molecule has 4 heteroatoms. The molecule has 3 rings (SSSR count). The summed E-state index contributed by atoms with van der Waals surface area (Å²) < 4.78 is 0. The standard InChI is InChI=1S/C19H35N3O/c1-3-4-9-21(2)13-14-7-10-22(11-8-14)19(23)17-15-5-6-16(12-15)18(17)20/h14-18H,3-13,20H2,1-2H3. The highest BCUT2D eigenvalue weighted by molar-refractivity contribution is 5.80. The minimum Gasteiger partial charge on any atom is -0.342 e. The lowest BCUT2D eigenvalue weighted by Gasteiger charge is -2.37. The van der Waals surface area contributed by atoms with Crippen LogP contribution in [0.5, 0.6) is 0 Å². The fraction of sp³-hybridized carbons (Fsp3) is 0.947. The van der Waals surface area contributed by atoms with Crippen molar-refractivity contribution in [2.45, 2.75) is 57.9 Å². The molecule has 2 N–H and O–H groups in total. The van der Waals surface area contributed by atoms with E-state index in [9.17, 15) is 4.79 Å². The van der Waals surface area contributed by atoms with Crippen molar-refractivity contribution >= 4 is 5.91 Å². The number of piperidine rings is 1. The lowest BCUT2D eigenvalue weighted by molar-refractivity contribution is -0.139. The van der Waals surface area contributed by atoms with Crippen LogP contribution in [0.4, 0.5) is 0 Å². The second-order valence-corrected chi connectivity index (χ2v) is 8.32. The summed E-state index contributed by atoms with van der Waals surface area (Å²) >= 11 is 0. The van der Waals surface area contributed by atoms with Gasteiger partial charge in [-0.3, -0.25) is 4.79 Å². The van der Waals surface area contributed by atoms with Gasteiger partial charge in [0.05, 0.1) is 5.92 Å². The van der Waals surface area contributed by atoms with Crippen LogP contribution >= 0.6 is 0 Å². The molecule has 0 spiro atoms. The maximum absolute atomic E-state index is 12.9. The third kappa shape index (κ3) is 3.74. The van der Waals surface area contributed by atoms with E-state index in [-0.39, 0.29) is 12.0 Å². The summed E-state index contributed by atoms with van der Waals surface area (Å²) in [5.41, 5.74) is 6.36. The first-order chi connectivity index (χ1) is 11.1. The number of hydrogen-bond donors (Lipinski definition) is 1. The molecule has 0 aromatic carbocycles. The van der Waals surface area contributed by atoms with Crippen molar-refractivity contribution in [3.05, 3.63) is 0 Å². The fourth-order valence-corrected chi connectivity index (χ4v) is 5.21. The molecule has 4 unspecified atom stereocenters. The number of carbonyl (C=O) groups is 1. The first-order valence-corrected chi connectivity index (χ1v) is 9.83. The highest BCUT2D eigenvalue weighted by Gasteiger charge is 2.50. The molecule has 23 heavy (non-hydrogen) atoms. The minimum absolute atomic E-state index is 0.137. The number of rotatable bonds is 6. The van der Waals surface area contributed by atoms with E-state index in [0.717, 1.165) is 31.8 Å². The molecule has 1 amide bonds. The van der Waals surface area contributed by atoms with Crippen LogP contribution in [-0.4, -0.2) is 55.0 Å². The third-order valence-electron chi connectivity index (χ3n) is 6.66. The fourth-order valence-electron chi connectivity index (χ4n) is 5.21. The average Bonchev–Trinajstić information content (AvgIpc) is 3.14. The summed E-state index contributed by atoms with van der Waals surface area (Å²) in [5.74, 6) is 2.48. The number of amides is 1. The Bertz CT molecular complexity index is 403. The quantitative estimate of drug-likeness (QED) is 0.817. The summed E-state index contributed by atoms with van der Waals surface area (Å²) in [6, 6.07) is 0.138. The van der Waals surface area contributed by atoms with Crippen LogP contribution in [0.3, 0.4) is 0 Å². The lowest BCUT2D eigenvalue weighted by Crippen LogP contribution is -2.49. The molecule has 0 aromatic heterocycles. The van der Waals surface area contributed by atoms with E-state index >= 15 is 0 Å². The zero-order valence-electron chi connectivity index (χ0n) is 15.0. The maximum atomic E-state index is 12.9. The highest BCUT2D eigenvalue weighted by atomic mass is 16.2. The average molecular weight is 322 g/mol. The van der Waals surface area contributed by atoms with Gasteiger partial charge < -0.3 is 15.5 Å². The Kier molecular flexibility index (Phi) is 5.63. The van der Waals surface area contributed by atoms with Gasteiger partial charge in [-0.2, -0.15) is 0 Å². The highest BCUT2D eigenvalue weighted by Crippen LogP contribution is 2.48. The van der Waals surface area contributed by atoms with E-state index in [1.165, 1.54) is 45.2 Å². The molecule has 1 aliphatic heterocycles. The molecular weight excluding hydrogens is 286 g/mol. The number of nitrogens with two attached hydrogens (primary N) is 1. The van der Waals surface area contributed by atoms with E-state index in [4.69, 9.17) is 5.73 Å². The normalized spacial score (nSPS) is 34.5. The van der Waals surface area contributed by atoms with Gasteiger partial charge >= 0.3 is 0 Å². The number of carbonyl (C=O) groups excluding carboxylic acids is 1. The smallest absolute Gasteiger partial charge is 0.227 e. The van der Waals surface area contributed by atoms with E-state index in [2.05, 4.69) is 23.8 Å². The molecular formula is C19H35N3O. The number of hydrogen-bond acceptors (Lipinski definition) is 3. The molecule has 1 saturated heterocycles. The van der Waals surface area contributed by atoms with Gasteiger partial charge in [0.15, 0.2) is 0 Å². The molecule has 4 nitrogen and oxygen atoms in total. The van der Waals surface area contributed by atoms with Gasteiger partial charge in [-0.05, 0) is 69.9 Å². The summed E-state index contributed by atoms with van der Waals surface area (Å²) in [5, 5.41) is 0. The molecule has 4 atom stereocenters. The van der Waals surface area contributed by atoms with Crippen molar-refractivity contribution < 1.29 is 4.79 Å². The van der Waals surface area contributed by atoms with Crippen molar-refractivity contribution in [1.82, 2.24) is 9.80 Å². The molecule has 0 radical (unpaired) electrons. The Morgan fingerprint density at radius 3 is 2.48 bits per heavy atom. The predicted molar refractivity (Wildman–Crippen MR) is 94.0 cm³/mol. The van der Waals surface area contributed by atoms with E-state index in [1.807, 2.05) is 0 Å². The monoisotopic (exact) mass is 321 g/mol. The molecule has 3 aliphatic rings. The van der Waals surface area contributed by atoms with Gasteiger partial charge in [-0.1, -0.05) is 13.3 Å². The van der Waals surface area contributed by atoms with Crippen molar-refractivity contribution in [1.29, 1.82) is 0 Å². The zero-order chi connectivity index (χ0) is 16.4. The summed E-state index contributed by atoms with van der Waals surface area (Å²) in [6.45, 7) is 6.54. The number of nitrogens with zero attached hydrogens (tertiary/aromatic N) is 2. The summed E-state index contributed by atoms with van der Waals surface area (Å²) in [6.07, 6.45) is 8.57. The third-order valence-corrected chi connectivity index (χ3v) is 6.66. The minimum atomic E-state index is 0.137. The Morgan fingerprint density at radius 2 is 1.87 bits per heavy atom. The first kappa shape index (κ1) is 17.2. The summed E-state index contributed by atoms with van der Waals surface area (Å²) in [7, 11) is 2.24. The lowest BCUT2D eigenvalue weighted by atomic mass is 9.83. The Labute approximate surface area is 141 Å². The number of likely N-dealkylation sites (tertiary alicyclic amines) is 1. The van der Waals surface area contributed by atoms with Crippen LogP contribution in [0, 0.1) is 23.7 Å². The molecule has 3 fully saturated rings. The predicted octanol–water partition coefficient (Wildman–Crippen LogP) is 2.33. The summed E-state index contributed by atoms with van der Waals surface area (Å²) in [4.78, 5) is 17.5. The molecule has 132 valence electrons. The Balaban J connectivity index is 1.45. The molecule has 0 aromatic rings. The SMILES string of the molecule is CCCCN(C)CC1CCN(C(=O)C2C3CCC(C3)C2N)CC1. The van der Waals surface area contributed by atoms with Gasteiger partial charge in [0, 0.05) is 25.7 Å². The van der Waals surface area contributed by atoms with Crippen LogP contribution in [0.25, 0.3) is 0 Å². The van der Waals surface area contributed by atoms with Gasteiger partial charge in [0.25, 0.3) is 0 Å². The number of fused-ring (bicyclic) bond motifs is 2. The van der Waals surface area contributed by atoms with Crippen LogP contribution in [0.1, 0.15) is 51.9 Å². The second kappa shape index (κ2) is 7.52. The van der Waals surface area contributed by atoms with E-state index < -0.39 is 0 Å². The number of unbranched alkanes of at least 4 members (excludes halogenated alkanes) is 1. The van der Waals surface area contributed by atoms with Crippen molar-refractivity contribution in [2.24, 2.45) is 29.4 Å². The van der Waals surface area contributed by atoms with Crippen molar-refractivity contribution in [3.63, 3.8) is 0 Å². The largest absolute Gasteiger partial charge is 0.342 e. The van der Waals surface area contributed by atoms with Crippen molar-refractivity contribution in [2.75, 3.05) is 33.2 Å². The van der Waals surface area contributed by atoms with Crippen molar-refractivity contribution in [3.8, 4) is 0 Å². The molecule has 1 heterocycles. The van der Waals surface area contributed by atoms with E-state index in [0.29, 0.717) is 17.7 Å². The van der Waals surface area contributed by atoms with Crippen LogP contribution < -0.4 is 5.73 Å². The first-order valence-electron chi connectivity index (χ1n) is 9.83. The van der Waals surface area contributed by atoms with Gasteiger partial charge in [0.1, 0.15) is 0 Å². The Morgan fingerprint density at radius 1 is 1.17 bits per heavy atom. The zero-order valence-corrected chi connectivity index (χ0v) is 15.0. The maximum Gasteiger partial charge on any atom is 0.227 e.